The lowest BCUT2D eigenvalue weighted by molar-refractivity contribution is 0.154. The molecule has 1 N–H and O–H groups in total. The molecule has 19 heavy (non-hydrogen) atoms. The van der Waals surface area contributed by atoms with Gasteiger partial charge in [-0.1, -0.05) is 0 Å². The maximum Gasteiger partial charge on any atom is 0.323 e. The summed E-state index contributed by atoms with van der Waals surface area (Å²) in [6.07, 6.45) is 0.0219. The molecule has 0 radical (unpaired) electrons. The van der Waals surface area contributed by atoms with E-state index in [1.807, 2.05) is 32.7 Å². The van der Waals surface area contributed by atoms with Crippen LogP contribution in [-0.2, 0) is 4.74 Å². The number of nitrogens with zero attached hydrogens (tertiary/aromatic N) is 4. The predicted molar refractivity (Wildman–Crippen MR) is 74.9 cm³/mol. The van der Waals surface area contributed by atoms with Gasteiger partial charge in [0.25, 0.3) is 0 Å². The number of nitrogens with one attached hydrogen (secondary N) is 1. The highest BCUT2D eigenvalue weighted by Crippen LogP contribution is 2.14. The SMILES string of the molecule is CCOCCN(C)c1nc(NC)nc(OC(C)C)n1. The standard InChI is InChI=1S/C12H23N5O2/c1-6-18-8-7-17(5)11-14-10(13-4)15-12(16-11)19-9(2)3/h9H,6-8H2,1-5H3,(H,13,14,15,16). The summed E-state index contributed by atoms with van der Waals surface area (Å²) in [6, 6.07) is 0.326. The van der Waals surface area contributed by atoms with Gasteiger partial charge in [0, 0.05) is 27.2 Å². The predicted octanol–water partition coefficient (Wildman–Crippen LogP) is 1.17. The van der Waals surface area contributed by atoms with E-state index in [-0.39, 0.29) is 6.10 Å². The van der Waals surface area contributed by atoms with Crippen LogP contribution in [0.1, 0.15) is 20.8 Å². The molecule has 0 spiro atoms. The number of hydrogen-bond acceptors (Lipinski definition) is 7. The molecule has 0 atom stereocenters. The van der Waals surface area contributed by atoms with Gasteiger partial charge in [0.1, 0.15) is 0 Å². The average molecular weight is 269 g/mol. The van der Waals surface area contributed by atoms with Gasteiger partial charge in [0.15, 0.2) is 0 Å². The Kier molecular flexibility index (Phi) is 6.27. The minimum atomic E-state index is 0.0219. The Morgan fingerprint density at radius 3 is 2.58 bits per heavy atom. The molecule has 7 heteroatoms. The van der Waals surface area contributed by atoms with Crippen molar-refractivity contribution in [3.05, 3.63) is 0 Å². The van der Waals surface area contributed by atoms with Crippen LogP contribution in [0.15, 0.2) is 0 Å². The van der Waals surface area contributed by atoms with E-state index in [9.17, 15) is 0 Å². The van der Waals surface area contributed by atoms with E-state index in [2.05, 4.69) is 20.3 Å². The molecular formula is C12H23N5O2. The molecule has 0 saturated heterocycles. The highest BCUT2D eigenvalue weighted by atomic mass is 16.5. The molecule has 0 saturated carbocycles. The lowest BCUT2D eigenvalue weighted by Gasteiger charge is -2.18. The first-order valence-corrected chi connectivity index (χ1v) is 6.46. The molecule has 108 valence electrons. The zero-order chi connectivity index (χ0) is 14.3. The Balaban J connectivity index is 2.80. The smallest absolute Gasteiger partial charge is 0.323 e. The Labute approximate surface area is 114 Å². The molecule has 7 nitrogen and oxygen atoms in total. The first-order valence-electron chi connectivity index (χ1n) is 6.46. The fraction of sp³-hybridized carbons (Fsp3) is 0.750. The van der Waals surface area contributed by atoms with Crippen molar-refractivity contribution in [2.75, 3.05) is 44.1 Å². The highest BCUT2D eigenvalue weighted by Gasteiger charge is 2.11. The molecule has 0 aliphatic heterocycles. The highest BCUT2D eigenvalue weighted by molar-refractivity contribution is 5.37. The van der Waals surface area contributed by atoms with Gasteiger partial charge in [0.2, 0.25) is 11.9 Å². The van der Waals surface area contributed by atoms with Crippen molar-refractivity contribution in [1.29, 1.82) is 0 Å². The van der Waals surface area contributed by atoms with Crippen LogP contribution in [0.5, 0.6) is 6.01 Å². The summed E-state index contributed by atoms with van der Waals surface area (Å²) < 4.78 is 10.8. The van der Waals surface area contributed by atoms with E-state index < -0.39 is 0 Å². The van der Waals surface area contributed by atoms with Gasteiger partial charge in [-0.3, -0.25) is 0 Å². The van der Waals surface area contributed by atoms with Crippen LogP contribution >= 0.6 is 0 Å². The number of ether oxygens (including phenoxy) is 2. The second-order valence-electron chi connectivity index (χ2n) is 4.28. The lowest BCUT2D eigenvalue weighted by Crippen LogP contribution is -2.25. The second-order valence-corrected chi connectivity index (χ2v) is 4.28. The summed E-state index contributed by atoms with van der Waals surface area (Å²) in [7, 11) is 3.67. The van der Waals surface area contributed by atoms with Gasteiger partial charge in [-0.2, -0.15) is 15.0 Å². The number of aromatic nitrogens is 3. The number of anilines is 2. The van der Waals surface area contributed by atoms with Crippen molar-refractivity contribution in [3.8, 4) is 6.01 Å². The summed E-state index contributed by atoms with van der Waals surface area (Å²) in [4.78, 5) is 14.6. The summed E-state index contributed by atoms with van der Waals surface area (Å²) in [5, 5.41) is 2.90. The van der Waals surface area contributed by atoms with Gasteiger partial charge in [-0.25, -0.2) is 0 Å². The molecule has 0 aromatic carbocycles. The van der Waals surface area contributed by atoms with Crippen LogP contribution in [-0.4, -0.2) is 54.9 Å². The third-order valence-corrected chi connectivity index (χ3v) is 2.28. The minimum absolute atomic E-state index is 0.0219. The Hall–Kier alpha value is -1.63. The zero-order valence-corrected chi connectivity index (χ0v) is 12.3. The van der Waals surface area contributed by atoms with E-state index >= 15 is 0 Å². The lowest BCUT2D eigenvalue weighted by atomic mass is 10.5. The van der Waals surface area contributed by atoms with Crippen LogP contribution < -0.4 is 15.0 Å². The van der Waals surface area contributed by atoms with Crippen molar-refractivity contribution in [1.82, 2.24) is 15.0 Å². The van der Waals surface area contributed by atoms with Crippen molar-refractivity contribution in [3.63, 3.8) is 0 Å². The van der Waals surface area contributed by atoms with Gasteiger partial charge in [0.05, 0.1) is 12.7 Å². The zero-order valence-electron chi connectivity index (χ0n) is 12.3. The quantitative estimate of drug-likeness (QED) is 0.710. The van der Waals surface area contributed by atoms with E-state index in [0.717, 1.165) is 0 Å². The molecule has 0 aliphatic rings. The third-order valence-electron chi connectivity index (χ3n) is 2.28. The van der Waals surface area contributed by atoms with Crippen LogP contribution in [0.4, 0.5) is 11.9 Å². The van der Waals surface area contributed by atoms with Crippen LogP contribution in [0.25, 0.3) is 0 Å². The summed E-state index contributed by atoms with van der Waals surface area (Å²) in [6.45, 7) is 7.88. The molecule has 1 aromatic heterocycles. The van der Waals surface area contributed by atoms with Crippen molar-refractivity contribution in [2.45, 2.75) is 26.9 Å². The molecule has 0 unspecified atom stereocenters. The number of rotatable bonds is 8. The molecule has 1 heterocycles. The molecule has 0 aliphatic carbocycles. The van der Waals surface area contributed by atoms with Gasteiger partial charge < -0.3 is 19.7 Å². The molecule has 0 fully saturated rings. The summed E-state index contributed by atoms with van der Waals surface area (Å²) in [5.41, 5.74) is 0. The van der Waals surface area contributed by atoms with Crippen molar-refractivity contribution in [2.24, 2.45) is 0 Å². The largest absolute Gasteiger partial charge is 0.461 e. The van der Waals surface area contributed by atoms with Crippen molar-refractivity contribution >= 4 is 11.9 Å². The fourth-order valence-corrected chi connectivity index (χ4v) is 1.34. The molecule has 1 aromatic rings. The van der Waals surface area contributed by atoms with Gasteiger partial charge in [-0.05, 0) is 20.8 Å². The maximum absolute atomic E-state index is 5.51. The fourth-order valence-electron chi connectivity index (χ4n) is 1.34. The Morgan fingerprint density at radius 2 is 2.00 bits per heavy atom. The van der Waals surface area contributed by atoms with Crippen LogP contribution in [0, 0.1) is 0 Å². The average Bonchev–Trinajstić information content (AvgIpc) is 2.37. The summed E-state index contributed by atoms with van der Waals surface area (Å²) >= 11 is 0. The molecular weight excluding hydrogens is 246 g/mol. The van der Waals surface area contributed by atoms with Gasteiger partial charge in [-0.15, -0.1) is 0 Å². The van der Waals surface area contributed by atoms with E-state index in [0.29, 0.717) is 37.7 Å². The van der Waals surface area contributed by atoms with Crippen LogP contribution in [0.2, 0.25) is 0 Å². The van der Waals surface area contributed by atoms with E-state index in [4.69, 9.17) is 9.47 Å². The Bertz CT molecular complexity index is 386. The molecule has 0 amide bonds. The van der Waals surface area contributed by atoms with Crippen LogP contribution in [0.3, 0.4) is 0 Å². The number of hydrogen-bond donors (Lipinski definition) is 1. The van der Waals surface area contributed by atoms with Crippen molar-refractivity contribution < 1.29 is 9.47 Å². The van der Waals surface area contributed by atoms with E-state index in [1.54, 1.807) is 7.05 Å². The minimum Gasteiger partial charge on any atom is -0.461 e. The normalized spacial score (nSPS) is 10.6. The van der Waals surface area contributed by atoms with E-state index in [1.165, 1.54) is 0 Å². The molecule has 1 rings (SSSR count). The van der Waals surface area contributed by atoms with Gasteiger partial charge >= 0.3 is 6.01 Å². The first kappa shape index (κ1) is 15.4. The monoisotopic (exact) mass is 269 g/mol. The first-order chi connectivity index (χ1) is 9.06. The molecule has 0 bridgehead atoms. The number of likely N-dealkylation sites (N-methyl/N-ethyl adjacent to an activating group) is 1. The summed E-state index contributed by atoms with van der Waals surface area (Å²) in [5.74, 6) is 1.05. The topological polar surface area (TPSA) is 72.4 Å². The Morgan fingerprint density at radius 1 is 1.26 bits per heavy atom. The third kappa shape index (κ3) is 5.25. The maximum atomic E-state index is 5.51. The second kappa shape index (κ2) is 7.73.